The average Bonchev–Trinajstić information content (AvgIpc) is 3.11. The van der Waals surface area contributed by atoms with E-state index >= 15 is 0 Å². The summed E-state index contributed by atoms with van der Waals surface area (Å²) in [6.45, 7) is 5.33. The Morgan fingerprint density at radius 3 is 2.59 bits per heavy atom. The van der Waals surface area contributed by atoms with Gasteiger partial charge in [0, 0.05) is 6.04 Å². The lowest BCUT2D eigenvalue weighted by atomic mass is 9.80. The summed E-state index contributed by atoms with van der Waals surface area (Å²) in [5.41, 5.74) is 0. The van der Waals surface area contributed by atoms with E-state index in [1.807, 2.05) is 6.92 Å². The monoisotopic (exact) mass is 238 g/mol. The summed E-state index contributed by atoms with van der Waals surface area (Å²) in [6.07, 6.45) is 7.76. The quantitative estimate of drug-likeness (QED) is 0.770. The minimum atomic E-state index is -0.0373. The SMILES string of the molecule is CC(NCC1CCCCC1C)C(=O)NC1CC1. The van der Waals surface area contributed by atoms with Crippen LogP contribution >= 0.6 is 0 Å². The lowest BCUT2D eigenvalue weighted by Crippen LogP contribution is -2.45. The molecule has 3 atom stereocenters. The molecule has 2 N–H and O–H groups in total. The maximum atomic E-state index is 11.8. The highest BCUT2D eigenvalue weighted by atomic mass is 16.2. The Morgan fingerprint density at radius 1 is 1.24 bits per heavy atom. The number of hydrogen-bond acceptors (Lipinski definition) is 2. The summed E-state index contributed by atoms with van der Waals surface area (Å²) in [5, 5.41) is 6.45. The van der Waals surface area contributed by atoms with Crippen molar-refractivity contribution in [2.24, 2.45) is 11.8 Å². The molecule has 0 saturated heterocycles. The van der Waals surface area contributed by atoms with Gasteiger partial charge >= 0.3 is 0 Å². The van der Waals surface area contributed by atoms with Crippen molar-refractivity contribution in [3.05, 3.63) is 0 Å². The van der Waals surface area contributed by atoms with Crippen LogP contribution in [0.15, 0.2) is 0 Å². The minimum Gasteiger partial charge on any atom is -0.352 e. The van der Waals surface area contributed by atoms with Crippen LogP contribution in [0.1, 0.15) is 52.4 Å². The van der Waals surface area contributed by atoms with Crippen molar-refractivity contribution in [2.45, 2.75) is 64.5 Å². The van der Waals surface area contributed by atoms with Gasteiger partial charge in [-0.25, -0.2) is 0 Å². The second kappa shape index (κ2) is 5.85. The third kappa shape index (κ3) is 3.98. The minimum absolute atomic E-state index is 0.0373. The van der Waals surface area contributed by atoms with Crippen LogP contribution in [0.2, 0.25) is 0 Å². The summed E-state index contributed by atoms with van der Waals surface area (Å²) in [7, 11) is 0. The summed E-state index contributed by atoms with van der Waals surface area (Å²) >= 11 is 0. The van der Waals surface area contributed by atoms with Crippen LogP contribution in [0.5, 0.6) is 0 Å². The van der Waals surface area contributed by atoms with Crippen molar-refractivity contribution in [3.8, 4) is 0 Å². The van der Waals surface area contributed by atoms with Crippen LogP contribution in [0.4, 0.5) is 0 Å². The van der Waals surface area contributed by atoms with Gasteiger partial charge in [0.2, 0.25) is 5.91 Å². The van der Waals surface area contributed by atoms with E-state index in [9.17, 15) is 4.79 Å². The normalized spacial score (nSPS) is 30.9. The van der Waals surface area contributed by atoms with Gasteiger partial charge in [-0.1, -0.05) is 26.2 Å². The molecule has 0 aliphatic heterocycles. The number of nitrogens with one attached hydrogen (secondary N) is 2. The van der Waals surface area contributed by atoms with E-state index in [2.05, 4.69) is 17.6 Å². The molecular weight excluding hydrogens is 212 g/mol. The fourth-order valence-corrected chi connectivity index (χ4v) is 2.67. The predicted octanol–water partition coefficient (Wildman–Crippen LogP) is 2.07. The van der Waals surface area contributed by atoms with Gasteiger partial charge in [0.05, 0.1) is 6.04 Å². The van der Waals surface area contributed by atoms with Gasteiger partial charge in [0.15, 0.2) is 0 Å². The molecule has 2 rings (SSSR count). The van der Waals surface area contributed by atoms with Gasteiger partial charge in [0.1, 0.15) is 0 Å². The van der Waals surface area contributed by atoms with E-state index in [-0.39, 0.29) is 11.9 Å². The van der Waals surface area contributed by atoms with Crippen LogP contribution in [-0.2, 0) is 4.79 Å². The Hall–Kier alpha value is -0.570. The highest BCUT2D eigenvalue weighted by Gasteiger charge is 2.26. The molecule has 3 heteroatoms. The van der Waals surface area contributed by atoms with Gasteiger partial charge in [-0.05, 0) is 44.6 Å². The molecule has 98 valence electrons. The van der Waals surface area contributed by atoms with Crippen molar-refractivity contribution >= 4 is 5.91 Å². The molecular formula is C14H26N2O. The van der Waals surface area contributed by atoms with Gasteiger partial charge in [-0.3, -0.25) is 4.79 Å². The van der Waals surface area contributed by atoms with Crippen molar-refractivity contribution in [3.63, 3.8) is 0 Å². The van der Waals surface area contributed by atoms with E-state index in [0.717, 1.165) is 31.2 Å². The Balaban J connectivity index is 1.66. The number of amides is 1. The van der Waals surface area contributed by atoms with Crippen LogP contribution in [0.25, 0.3) is 0 Å². The largest absolute Gasteiger partial charge is 0.352 e. The van der Waals surface area contributed by atoms with Crippen LogP contribution in [0, 0.1) is 11.8 Å². The van der Waals surface area contributed by atoms with E-state index in [1.165, 1.54) is 25.7 Å². The highest BCUT2D eigenvalue weighted by Crippen LogP contribution is 2.28. The predicted molar refractivity (Wildman–Crippen MR) is 69.8 cm³/mol. The lowest BCUT2D eigenvalue weighted by molar-refractivity contribution is -0.123. The van der Waals surface area contributed by atoms with Gasteiger partial charge < -0.3 is 10.6 Å². The molecule has 0 aromatic rings. The summed E-state index contributed by atoms with van der Waals surface area (Å²) < 4.78 is 0. The van der Waals surface area contributed by atoms with Gasteiger partial charge in [0.25, 0.3) is 0 Å². The molecule has 17 heavy (non-hydrogen) atoms. The molecule has 0 bridgehead atoms. The zero-order chi connectivity index (χ0) is 12.3. The van der Waals surface area contributed by atoms with Gasteiger partial charge in [-0.2, -0.15) is 0 Å². The van der Waals surface area contributed by atoms with E-state index in [4.69, 9.17) is 0 Å². The first-order chi connectivity index (χ1) is 8.16. The molecule has 0 spiro atoms. The maximum Gasteiger partial charge on any atom is 0.237 e. The van der Waals surface area contributed by atoms with E-state index in [1.54, 1.807) is 0 Å². The molecule has 0 heterocycles. The Labute approximate surface area is 105 Å². The standard InChI is InChI=1S/C14H26N2O/c1-10-5-3-4-6-12(10)9-15-11(2)14(17)16-13-7-8-13/h10-13,15H,3-9H2,1-2H3,(H,16,17). The zero-order valence-corrected chi connectivity index (χ0v) is 11.2. The molecule has 2 saturated carbocycles. The highest BCUT2D eigenvalue weighted by molar-refractivity contribution is 5.81. The molecule has 1 amide bonds. The zero-order valence-electron chi connectivity index (χ0n) is 11.2. The fraction of sp³-hybridized carbons (Fsp3) is 0.929. The van der Waals surface area contributed by atoms with E-state index in [0.29, 0.717) is 6.04 Å². The van der Waals surface area contributed by atoms with Crippen LogP contribution in [-0.4, -0.2) is 24.5 Å². The summed E-state index contributed by atoms with van der Waals surface area (Å²) in [6, 6.07) is 0.435. The molecule has 3 nitrogen and oxygen atoms in total. The van der Waals surface area contributed by atoms with Crippen LogP contribution < -0.4 is 10.6 Å². The molecule has 0 aromatic heterocycles. The maximum absolute atomic E-state index is 11.8. The first-order valence-corrected chi connectivity index (χ1v) is 7.20. The topological polar surface area (TPSA) is 41.1 Å². The Morgan fingerprint density at radius 2 is 1.94 bits per heavy atom. The number of carbonyl (C=O) groups is 1. The second-order valence-electron chi connectivity index (χ2n) is 5.93. The summed E-state index contributed by atoms with van der Waals surface area (Å²) in [5.74, 6) is 1.76. The fourth-order valence-electron chi connectivity index (χ4n) is 2.67. The third-order valence-electron chi connectivity index (χ3n) is 4.29. The van der Waals surface area contributed by atoms with Crippen molar-refractivity contribution < 1.29 is 4.79 Å². The summed E-state index contributed by atoms with van der Waals surface area (Å²) in [4.78, 5) is 11.8. The molecule has 0 aromatic carbocycles. The van der Waals surface area contributed by atoms with E-state index < -0.39 is 0 Å². The molecule has 2 aliphatic rings. The number of carbonyl (C=O) groups excluding carboxylic acids is 1. The Bertz CT molecular complexity index is 263. The van der Waals surface area contributed by atoms with Crippen molar-refractivity contribution in [1.29, 1.82) is 0 Å². The first kappa shape index (κ1) is 12.9. The molecule has 2 aliphatic carbocycles. The number of hydrogen-bond donors (Lipinski definition) is 2. The Kier molecular flexibility index (Phi) is 4.43. The number of rotatable bonds is 5. The molecule has 0 radical (unpaired) electrons. The first-order valence-electron chi connectivity index (χ1n) is 7.20. The third-order valence-corrected chi connectivity index (χ3v) is 4.29. The van der Waals surface area contributed by atoms with Gasteiger partial charge in [-0.15, -0.1) is 0 Å². The second-order valence-corrected chi connectivity index (χ2v) is 5.93. The molecule has 2 fully saturated rings. The lowest BCUT2D eigenvalue weighted by Gasteiger charge is -2.29. The van der Waals surface area contributed by atoms with Crippen molar-refractivity contribution in [2.75, 3.05) is 6.54 Å². The average molecular weight is 238 g/mol. The smallest absolute Gasteiger partial charge is 0.237 e. The van der Waals surface area contributed by atoms with Crippen molar-refractivity contribution in [1.82, 2.24) is 10.6 Å². The molecule has 3 unspecified atom stereocenters. The van der Waals surface area contributed by atoms with Crippen LogP contribution in [0.3, 0.4) is 0 Å².